The summed E-state index contributed by atoms with van der Waals surface area (Å²) in [5.74, 6) is 0.277. The number of carbonyl (C=O) groups excluding carboxylic acids is 1. The summed E-state index contributed by atoms with van der Waals surface area (Å²) >= 11 is 6.22. The van der Waals surface area contributed by atoms with E-state index >= 15 is 0 Å². The predicted octanol–water partition coefficient (Wildman–Crippen LogP) is 4.53. The number of halogens is 2. The lowest BCUT2D eigenvalue weighted by atomic mass is 9.99. The highest BCUT2D eigenvalue weighted by atomic mass is 35.5. The lowest BCUT2D eigenvalue weighted by Crippen LogP contribution is -2.40. The number of nitrogen functional groups attached to an aromatic ring is 1. The Kier molecular flexibility index (Phi) is 7.18. The van der Waals surface area contributed by atoms with Crippen molar-refractivity contribution >= 4 is 39.9 Å². The monoisotopic (exact) mass is 502 g/mol. The maximum atomic E-state index is 14.1. The topological polar surface area (TPSA) is 94.1 Å². The molecule has 1 aliphatic rings. The molecule has 8 nitrogen and oxygen atoms in total. The van der Waals surface area contributed by atoms with Crippen LogP contribution in [0, 0.1) is 5.82 Å². The molecule has 10 heteroatoms. The number of nitrogens with two attached hydrogens (primary N) is 1. The van der Waals surface area contributed by atoms with Crippen LogP contribution in [0.3, 0.4) is 0 Å². The first-order valence-corrected chi connectivity index (χ1v) is 11.5. The Morgan fingerprint density at radius 2 is 2.17 bits per heavy atom. The van der Waals surface area contributed by atoms with Gasteiger partial charge in [-0.1, -0.05) is 17.7 Å². The molecule has 186 valence electrons. The van der Waals surface area contributed by atoms with Gasteiger partial charge in [0, 0.05) is 24.8 Å². The number of methoxy groups -OCH3 is 1. The Balaban J connectivity index is 1.63. The summed E-state index contributed by atoms with van der Waals surface area (Å²) in [7, 11) is 5.22. The molecule has 35 heavy (non-hydrogen) atoms. The molecular formula is C25H28ClFN4O4. The Labute approximate surface area is 208 Å². The molecule has 0 radical (unpaired) electrons. The molecular weight excluding hydrogens is 475 g/mol. The summed E-state index contributed by atoms with van der Waals surface area (Å²) in [6.45, 7) is 3.23. The molecule has 0 aliphatic carbocycles. The lowest BCUT2D eigenvalue weighted by molar-refractivity contribution is -0.131. The third-order valence-corrected chi connectivity index (χ3v) is 6.36. The Morgan fingerprint density at radius 1 is 1.40 bits per heavy atom. The highest BCUT2D eigenvalue weighted by Crippen LogP contribution is 2.42. The first-order chi connectivity index (χ1) is 16.7. The molecule has 1 aromatic carbocycles. The maximum Gasteiger partial charge on any atom is 0.237 e. The van der Waals surface area contributed by atoms with Crippen LogP contribution in [0.2, 0.25) is 5.02 Å². The Hall–Kier alpha value is -3.30. The van der Waals surface area contributed by atoms with Crippen LogP contribution in [-0.4, -0.2) is 61.5 Å². The van der Waals surface area contributed by atoms with Crippen molar-refractivity contribution in [3.8, 4) is 11.5 Å². The molecule has 1 aliphatic heterocycles. The molecule has 3 aromatic rings. The number of fused-ring (bicyclic) bond motifs is 1. The van der Waals surface area contributed by atoms with Crippen LogP contribution >= 0.6 is 11.6 Å². The Bertz CT molecular complexity index is 1290. The summed E-state index contributed by atoms with van der Waals surface area (Å²) in [5.41, 5.74) is 8.84. The van der Waals surface area contributed by atoms with Gasteiger partial charge in [-0.15, -0.1) is 0 Å². The lowest BCUT2D eigenvalue weighted by Gasteiger charge is -2.27. The van der Waals surface area contributed by atoms with Crippen molar-refractivity contribution in [1.29, 1.82) is 0 Å². The number of ether oxygens (including phenoxy) is 2. The van der Waals surface area contributed by atoms with Crippen molar-refractivity contribution in [2.24, 2.45) is 0 Å². The van der Waals surface area contributed by atoms with Crippen molar-refractivity contribution in [2.75, 3.05) is 46.6 Å². The molecule has 0 saturated heterocycles. The van der Waals surface area contributed by atoms with Gasteiger partial charge in [-0.3, -0.25) is 4.79 Å². The molecule has 0 fully saturated rings. The fourth-order valence-corrected chi connectivity index (χ4v) is 4.50. The van der Waals surface area contributed by atoms with E-state index in [0.717, 1.165) is 16.5 Å². The van der Waals surface area contributed by atoms with Crippen LogP contribution in [-0.2, 0) is 4.79 Å². The molecule has 0 saturated carbocycles. The number of likely N-dealkylation sites (N-methyl/N-ethyl adjacent to an activating group) is 1. The molecule has 0 unspecified atom stereocenters. The number of hydrogen-bond donors (Lipinski definition) is 1. The van der Waals surface area contributed by atoms with Crippen LogP contribution in [0.4, 0.5) is 10.2 Å². The van der Waals surface area contributed by atoms with E-state index in [1.165, 1.54) is 19.2 Å². The number of anilines is 1. The third kappa shape index (κ3) is 4.92. The van der Waals surface area contributed by atoms with Gasteiger partial charge in [0.15, 0.2) is 11.4 Å². The number of carbonyl (C=O) groups is 1. The molecule has 1 amide bonds. The smallest absolute Gasteiger partial charge is 0.237 e. The minimum absolute atomic E-state index is 0.0866. The van der Waals surface area contributed by atoms with Gasteiger partial charge in [-0.25, -0.2) is 9.37 Å². The summed E-state index contributed by atoms with van der Waals surface area (Å²) in [6, 6.07) is 2.73. The Morgan fingerprint density at radius 3 is 2.83 bits per heavy atom. The van der Waals surface area contributed by atoms with E-state index in [4.69, 9.17) is 31.2 Å². The minimum Gasteiger partial charge on any atom is -0.496 e. The zero-order valence-corrected chi connectivity index (χ0v) is 20.9. The van der Waals surface area contributed by atoms with Gasteiger partial charge in [0.05, 0.1) is 35.9 Å². The largest absolute Gasteiger partial charge is 0.496 e. The van der Waals surface area contributed by atoms with E-state index in [9.17, 15) is 9.18 Å². The highest BCUT2D eigenvalue weighted by Gasteiger charge is 2.25. The fraction of sp³-hybridized carbons (Fsp3) is 0.360. The number of rotatable bonds is 7. The van der Waals surface area contributed by atoms with Crippen molar-refractivity contribution in [3.63, 3.8) is 0 Å². The SMILES string of the molecule is COc1ccc(F)c(Cl)c1[C@@H](C)Oc1c(N)ncc2c(C3=CCN(C(=O)CN(C)C)CC3)coc12. The summed E-state index contributed by atoms with van der Waals surface area (Å²) in [5, 5.41) is 0.648. The average molecular weight is 503 g/mol. The predicted molar refractivity (Wildman–Crippen MR) is 133 cm³/mol. The van der Waals surface area contributed by atoms with Crippen LogP contribution in [0.5, 0.6) is 11.5 Å². The van der Waals surface area contributed by atoms with Gasteiger partial charge < -0.3 is 29.4 Å². The van der Waals surface area contributed by atoms with Crippen molar-refractivity contribution < 1.29 is 23.1 Å². The number of furan rings is 1. The van der Waals surface area contributed by atoms with E-state index in [-0.39, 0.29) is 22.5 Å². The van der Waals surface area contributed by atoms with Gasteiger partial charge >= 0.3 is 0 Å². The van der Waals surface area contributed by atoms with Crippen molar-refractivity contribution in [1.82, 2.24) is 14.8 Å². The number of aromatic nitrogens is 1. The second-order valence-corrected chi connectivity index (χ2v) is 9.04. The average Bonchev–Trinajstić information content (AvgIpc) is 3.26. The van der Waals surface area contributed by atoms with E-state index < -0.39 is 11.9 Å². The van der Waals surface area contributed by atoms with Crippen molar-refractivity contribution in [3.05, 3.63) is 52.6 Å². The van der Waals surface area contributed by atoms with E-state index in [2.05, 4.69) is 4.98 Å². The molecule has 3 heterocycles. The zero-order chi connectivity index (χ0) is 25.3. The first kappa shape index (κ1) is 24.8. The number of hydrogen-bond acceptors (Lipinski definition) is 7. The van der Waals surface area contributed by atoms with Crippen LogP contribution in [0.1, 0.15) is 30.6 Å². The fourth-order valence-electron chi connectivity index (χ4n) is 4.19. The highest BCUT2D eigenvalue weighted by molar-refractivity contribution is 6.31. The van der Waals surface area contributed by atoms with Crippen LogP contribution in [0.15, 0.2) is 35.1 Å². The zero-order valence-electron chi connectivity index (χ0n) is 20.1. The van der Waals surface area contributed by atoms with Gasteiger partial charge in [-0.2, -0.15) is 0 Å². The minimum atomic E-state index is -0.707. The van der Waals surface area contributed by atoms with E-state index in [1.807, 2.05) is 30.0 Å². The van der Waals surface area contributed by atoms with Gasteiger partial charge in [0.2, 0.25) is 11.7 Å². The summed E-state index contributed by atoms with van der Waals surface area (Å²) < 4.78 is 31.5. The normalized spacial score (nSPS) is 14.8. The molecule has 0 bridgehead atoms. The third-order valence-electron chi connectivity index (χ3n) is 5.97. The van der Waals surface area contributed by atoms with Crippen molar-refractivity contribution in [2.45, 2.75) is 19.4 Å². The van der Waals surface area contributed by atoms with Gasteiger partial charge in [-0.05, 0) is 45.1 Å². The molecule has 0 spiro atoms. The van der Waals surface area contributed by atoms with Gasteiger partial charge in [0.1, 0.15) is 17.7 Å². The first-order valence-electron chi connectivity index (χ1n) is 11.2. The van der Waals surface area contributed by atoms with Crippen LogP contribution < -0.4 is 15.2 Å². The number of pyridine rings is 1. The quantitative estimate of drug-likeness (QED) is 0.507. The maximum absolute atomic E-state index is 14.1. The molecule has 2 N–H and O–H groups in total. The van der Waals surface area contributed by atoms with Gasteiger partial charge in [0.25, 0.3) is 0 Å². The standard InChI is InChI=1S/C25H28ClFN4O4/c1-14(21-19(33-4)6-5-18(27)22(21)26)35-24-23-16(11-29-25(24)28)17(13-34-23)15-7-9-31(10-8-15)20(32)12-30(2)3/h5-7,11,13-14H,8-10,12H2,1-4H3,(H2,28,29)/t14-/m1/s1. The van der Waals surface area contributed by atoms with E-state index in [0.29, 0.717) is 43.0 Å². The second kappa shape index (κ2) is 10.1. The van der Waals surface area contributed by atoms with E-state index in [1.54, 1.807) is 19.4 Å². The molecule has 4 rings (SSSR count). The number of nitrogens with zero attached hydrogens (tertiary/aromatic N) is 3. The second-order valence-electron chi connectivity index (χ2n) is 8.66. The molecule has 2 aromatic heterocycles. The summed E-state index contributed by atoms with van der Waals surface area (Å²) in [4.78, 5) is 20.3. The molecule has 1 atom stereocenters. The summed E-state index contributed by atoms with van der Waals surface area (Å²) in [6.07, 6.45) is 5.28. The number of amides is 1. The van der Waals surface area contributed by atoms with Crippen LogP contribution in [0.25, 0.3) is 16.5 Å². The number of benzene rings is 1.